The number of aliphatic imine (C=N–C) groups is 1. The molecule has 3 rings (SSSR count). The molecule has 0 radical (unpaired) electrons. The van der Waals surface area contributed by atoms with Crippen molar-refractivity contribution in [2.45, 2.75) is 19.5 Å². The number of rotatable bonds is 1. The molecule has 2 aliphatic heterocycles. The molecule has 1 atom stereocenters. The first-order chi connectivity index (χ1) is 8.63. The highest BCUT2D eigenvalue weighted by atomic mass is 16.3. The van der Waals surface area contributed by atoms with Crippen molar-refractivity contribution >= 4 is 23.7 Å². The van der Waals surface area contributed by atoms with Gasteiger partial charge < -0.3 is 9.73 Å². The van der Waals surface area contributed by atoms with E-state index < -0.39 is 18.0 Å². The monoisotopic (exact) mass is 245 g/mol. The number of amides is 3. The topological polar surface area (TPSA) is 83.7 Å². The minimum atomic E-state index is -0.747. The van der Waals surface area contributed by atoms with Gasteiger partial charge in [0.05, 0.1) is 6.54 Å². The van der Waals surface area contributed by atoms with E-state index in [1.54, 1.807) is 6.07 Å². The van der Waals surface area contributed by atoms with Crippen LogP contribution in [0, 0.1) is 0 Å². The van der Waals surface area contributed by atoms with Crippen molar-refractivity contribution in [2.24, 2.45) is 4.99 Å². The molecular weight excluding hydrogens is 234 g/mol. The zero-order chi connectivity index (χ0) is 12.7. The third-order valence-corrected chi connectivity index (χ3v) is 2.89. The van der Waals surface area contributed by atoms with Crippen LogP contribution in [0.4, 0.5) is 4.79 Å². The van der Waals surface area contributed by atoms with Crippen LogP contribution in [0.3, 0.4) is 0 Å². The first-order valence-electron chi connectivity index (χ1n) is 5.56. The van der Waals surface area contributed by atoms with Gasteiger partial charge in [0.25, 0.3) is 5.91 Å². The number of nitrogens with zero attached hydrogens (tertiary/aromatic N) is 1. The number of hydrogen-bond acceptors (Lipinski definition) is 4. The Hall–Kier alpha value is -2.37. The van der Waals surface area contributed by atoms with Crippen molar-refractivity contribution in [3.05, 3.63) is 29.2 Å². The van der Waals surface area contributed by atoms with E-state index in [2.05, 4.69) is 15.6 Å². The van der Waals surface area contributed by atoms with Gasteiger partial charge in [0.1, 0.15) is 11.5 Å². The van der Waals surface area contributed by atoms with Crippen molar-refractivity contribution < 1.29 is 14.0 Å². The molecule has 0 spiro atoms. The Kier molecular flexibility index (Phi) is 2.29. The van der Waals surface area contributed by atoms with Crippen LogP contribution >= 0.6 is 0 Å². The molecule has 1 saturated heterocycles. The van der Waals surface area contributed by atoms with Crippen molar-refractivity contribution in [3.8, 4) is 0 Å². The molecular formula is C12H11N3O3. The number of hydrogen-bond donors (Lipinski definition) is 2. The van der Waals surface area contributed by atoms with Crippen molar-refractivity contribution in [1.82, 2.24) is 10.6 Å². The first-order valence-corrected chi connectivity index (χ1v) is 5.56. The number of furan rings is 1. The number of carbonyl (C=O) groups excluding carboxylic acids is 2. The highest BCUT2D eigenvalue weighted by molar-refractivity contribution is 6.04. The van der Waals surface area contributed by atoms with Crippen molar-refractivity contribution in [2.75, 3.05) is 0 Å². The third-order valence-electron chi connectivity index (χ3n) is 2.89. The summed E-state index contributed by atoms with van der Waals surface area (Å²) in [6.07, 6.45) is 3.67. The predicted molar refractivity (Wildman–Crippen MR) is 64.0 cm³/mol. The molecule has 1 fully saturated rings. The zero-order valence-electron chi connectivity index (χ0n) is 9.69. The smallest absolute Gasteiger partial charge is 0.322 e. The van der Waals surface area contributed by atoms with E-state index in [-0.39, 0.29) is 0 Å². The number of allylic oxidation sites excluding steroid dienone is 1. The average Bonchev–Trinajstić information content (AvgIpc) is 2.82. The predicted octanol–water partition coefficient (Wildman–Crippen LogP) is 1.15. The molecule has 6 heteroatoms. The molecule has 0 aliphatic carbocycles. The molecule has 6 nitrogen and oxygen atoms in total. The quantitative estimate of drug-likeness (QED) is 0.728. The lowest BCUT2D eigenvalue weighted by atomic mass is 10.2. The van der Waals surface area contributed by atoms with Crippen LogP contribution in [0.2, 0.25) is 0 Å². The van der Waals surface area contributed by atoms with Crippen molar-refractivity contribution in [1.29, 1.82) is 0 Å². The van der Waals surface area contributed by atoms with Gasteiger partial charge in [-0.2, -0.15) is 0 Å². The Morgan fingerprint density at radius 2 is 2.22 bits per heavy atom. The van der Waals surface area contributed by atoms with E-state index in [9.17, 15) is 9.59 Å². The third kappa shape index (κ3) is 1.71. The van der Waals surface area contributed by atoms with Gasteiger partial charge in [0, 0.05) is 11.3 Å². The second-order valence-corrected chi connectivity index (χ2v) is 4.22. The normalized spacial score (nSPS) is 22.1. The van der Waals surface area contributed by atoms with Crippen LogP contribution in [0.5, 0.6) is 0 Å². The van der Waals surface area contributed by atoms with Gasteiger partial charge in [-0.3, -0.25) is 15.1 Å². The Morgan fingerprint density at radius 3 is 2.94 bits per heavy atom. The summed E-state index contributed by atoms with van der Waals surface area (Å²) >= 11 is 0. The minimum Gasteiger partial charge on any atom is -0.459 e. The number of imide groups is 1. The molecule has 3 heterocycles. The highest BCUT2D eigenvalue weighted by Gasteiger charge is 2.34. The van der Waals surface area contributed by atoms with Gasteiger partial charge in [0.15, 0.2) is 6.04 Å². The maximum absolute atomic E-state index is 11.5. The van der Waals surface area contributed by atoms with Gasteiger partial charge in [0.2, 0.25) is 0 Å². The maximum atomic E-state index is 11.5. The molecule has 18 heavy (non-hydrogen) atoms. The molecule has 1 unspecified atom stereocenters. The number of carbonyl (C=O) groups is 2. The minimum absolute atomic E-state index is 0.396. The van der Waals surface area contributed by atoms with E-state index >= 15 is 0 Å². The second kappa shape index (κ2) is 3.83. The summed E-state index contributed by atoms with van der Waals surface area (Å²) in [5, 5.41) is 4.67. The van der Waals surface area contributed by atoms with E-state index in [1.807, 2.05) is 19.1 Å². The van der Waals surface area contributed by atoms with E-state index in [1.165, 1.54) is 0 Å². The fourth-order valence-corrected chi connectivity index (χ4v) is 1.95. The fourth-order valence-electron chi connectivity index (χ4n) is 1.95. The zero-order valence-corrected chi connectivity index (χ0v) is 9.69. The van der Waals surface area contributed by atoms with Gasteiger partial charge in [-0.15, -0.1) is 0 Å². The van der Waals surface area contributed by atoms with E-state index in [0.29, 0.717) is 18.1 Å². The fraction of sp³-hybridized carbons (Fsp3) is 0.250. The number of urea groups is 1. The number of nitrogens with one attached hydrogen (secondary N) is 2. The molecule has 0 saturated carbocycles. The van der Waals surface area contributed by atoms with Crippen LogP contribution in [-0.4, -0.2) is 17.6 Å². The van der Waals surface area contributed by atoms with E-state index in [4.69, 9.17) is 4.42 Å². The maximum Gasteiger partial charge on any atom is 0.322 e. The molecule has 92 valence electrons. The highest BCUT2D eigenvalue weighted by Crippen LogP contribution is 2.26. The molecule has 1 aromatic heterocycles. The van der Waals surface area contributed by atoms with Crippen LogP contribution in [0.25, 0.3) is 6.08 Å². The molecule has 2 N–H and O–H groups in total. The van der Waals surface area contributed by atoms with Crippen LogP contribution in [0.15, 0.2) is 21.6 Å². The van der Waals surface area contributed by atoms with Gasteiger partial charge in [-0.1, -0.05) is 0 Å². The van der Waals surface area contributed by atoms with Gasteiger partial charge >= 0.3 is 6.03 Å². The lowest BCUT2D eigenvalue weighted by Gasteiger charge is -2.01. The van der Waals surface area contributed by atoms with E-state index in [0.717, 1.165) is 11.3 Å². The molecule has 2 aliphatic rings. The Bertz CT molecular complexity index is 598. The molecule has 0 aromatic carbocycles. The SMILES string of the molecule is CC1=NCc2cc(C3NC(=O)NC3=O)oc2C=C1. The van der Waals surface area contributed by atoms with Gasteiger partial charge in [-0.05, 0) is 25.1 Å². The van der Waals surface area contributed by atoms with Crippen LogP contribution in [-0.2, 0) is 11.3 Å². The average molecular weight is 245 g/mol. The van der Waals surface area contributed by atoms with Crippen LogP contribution < -0.4 is 10.6 Å². The summed E-state index contributed by atoms with van der Waals surface area (Å²) in [5.74, 6) is 0.717. The molecule has 3 amide bonds. The largest absolute Gasteiger partial charge is 0.459 e. The summed E-state index contributed by atoms with van der Waals surface area (Å²) in [6, 6.07) is 0.515. The number of fused-ring (bicyclic) bond motifs is 1. The van der Waals surface area contributed by atoms with Gasteiger partial charge in [-0.25, -0.2) is 4.79 Å². The summed E-state index contributed by atoms with van der Waals surface area (Å²) in [6.45, 7) is 2.42. The second-order valence-electron chi connectivity index (χ2n) is 4.22. The summed E-state index contributed by atoms with van der Waals surface area (Å²) in [5.41, 5.74) is 1.84. The summed E-state index contributed by atoms with van der Waals surface area (Å²) < 4.78 is 5.60. The Labute approximate surface area is 103 Å². The Morgan fingerprint density at radius 1 is 1.39 bits per heavy atom. The lowest BCUT2D eigenvalue weighted by Crippen LogP contribution is -2.22. The first kappa shape index (κ1) is 10.8. The summed E-state index contributed by atoms with van der Waals surface area (Å²) in [4.78, 5) is 26.9. The van der Waals surface area contributed by atoms with Crippen molar-refractivity contribution in [3.63, 3.8) is 0 Å². The standard InChI is InChI=1S/C12H11N3O3/c1-6-2-3-8-7(5-13-6)4-9(18-8)10-11(16)15-12(17)14-10/h2-4,10H,5H2,1H3,(H2,14,15,16,17). The molecule has 0 bridgehead atoms. The summed E-state index contributed by atoms with van der Waals surface area (Å²) in [7, 11) is 0. The Balaban J connectivity index is 1.94. The molecule has 1 aromatic rings. The van der Waals surface area contributed by atoms with Crippen LogP contribution in [0.1, 0.15) is 30.0 Å². The lowest BCUT2D eigenvalue weighted by molar-refractivity contribution is -0.120.